The lowest BCUT2D eigenvalue weighted by Crippen LogP contribution is -2.39. The molecule has 0 N–H and O–H groups in total. The standard InChI is InChI=1S/C15H19BrFNO2/c1-10(16)11-5-7-18(8-6-11)15(19)12-3-4-13(17)14(9-12)20-2/h3-4,9-11H,5-8H2,1-2H3. The second-order valence-corrected chi connectivity index (χ2v) is 6.60. The number of hydrogen-bond acceptors (Lipinski definition) is 2. The van der Waals surface area contributed by atoms with Crippen LogP contribution in [0.15, 0.2) is 18.2 Å². The molecule has 0 saturated carbocycles. The molecule has 0 bridgehead atoms. The normalized spacial score (nSPS) is 17.9. The Labute approximate surface area is 127 Å². The first-order valence-corrected chi connectivity index (χ1v) is 7.71. The molecule has 1 fully saturated rings. The third-order valence-electron chi connectivity index (χ3n) is 3.87. The Kier molecular flexibility index (Phi) is 5.02. The molecule has 1 heterocycles. The van der Waals surface area contributed by atoms with Crippen LogP contribution in [0.25, 0.3) is 0 Å². The van der Waals surface area contributed by atoms with Gasteiger partial charge in [0, 0.05) is 23.5 Å². The minimum Gasteiger partial charge on any atom is -0.494 e. The van der Waals surface area contributed by atoms with Crippen molar-refractivity contribution in [3.63, 3.8) is 0 Å². The second kappa shape index (κ2) is 6.57. The number of benzene rings is 1. The van der Waals surface area contributed by atoms with Crippen LogP contribution in [0, 0.1) is 11.7 Å². The summed E-state index contributed by atoms with van der Waals surface area (Å²) >= 11 is 3.60. The number of ether oxygens (including phenoxy) is 1. The minimum absolute atomic E-state index is 0.0519. The minimum atomic E-state index is -0.448. The van der Waals surface area contributed by atoms with E-state index >= 15 is 0 Å². The van der Waals surface area contributed by atoms with E-state index in [4.69, 9.17) is 4.74 Å². The van der Waals surface area contributed by atoms with Crippen molar-refractivity contribution in [1.29, 1.82) is 0 Å². The molecule has 1 aromatic carbocycles. The highest BCUT2D eigenvalue weighted by atomic mass is 79.9. The van der Waals surface area contributed by atoms with Crippen LogP contribution in [-0.2, 0) is 0 Å². The number of amides is 1. The van der Waals surface area contributed by atoms with E-state index in [1.165, 1.54) is 25.3 Å². The van der Waals surface area contributed by atoms with Gasteiger partial charge in [-0.2, -0.15) is 0 Å². The van der Waals surface area contributed by atoms with Gasteiger partial charge >= 0.3 is 0 Å². The Bertz CT molecular complexity index is 485. The van der Waals surface area contributed by atoms with Crippen molar-refractivity contribution in [3.8, 4) is 5.75 Å². The molecule has 1 amide bonds. The predicted octanol–water partition coefficient (Wildman–Crippen LogP) is 3.47. The van der Waals surface area contributed by atoms with E-state index in [9.17, 15) is 9.18 Å². The highest BCUT2D eigenvalue weighted by Gasteiger charge is 2.26. The van der Waals surface area contributed by atoms with E-state index in [1.54, 1.807) is 0 Å². The molecule has 0 spiro atoms. The molecule has 1 saturated heterocycles. The molecule has 3 nitrogen and oxygen atoms in total. The molecule has 1 aliphatic rings. The molecule has 0 radical (unpaired) electrons. The van der Waals surface area contributed by atoms with Gasteiger partial charge in [-0.1, -0.05) is 22.9 Å². The van der Waals surface area contributed by atoms with Crippen LogP contribution in [0.2, 0.25) is 0 Å². The number of methoxy groups -OCH3 is 1. The maximum Gasteiger partial charge on any atom is 0.253 e. The SMILES string of the molecule is COc1cc(C(=O)N2CCC(C(C)Br)CC2)ccc1F. The summed E-state index contributed by atoms with van der Waals surface area (Å²) in [7, 11) is 1.40. The van der Waals surface area contributed by atoms with Crippen molar-refractivity contribution in [1.82, 2.24) is 4.90 Å². The number of rotatable bonds is 3. The number of piperidine rings is 1. The van der Waals surface area contributed by atoms with Gasteiger partial charge in [0.1, 0.15) is 0 Å². The van der Waals surface area contributed by atoms with Crippen LogP contribution in [0.4, 0.5) is 4.39 Å². The van der Waals surface area contributed by atoms with E-state index in [-0.39, 0.29) is 11.7 Å². The summed E-state index contributed by atoms with van der Waals surface area (Å²) in [5.41, 5.74) is 0.480. The number of nitrogens with zero attached hydrogens (tertiary/aromatic N) is 1. The van der Waals surface area contributed by atoms with Crippen molar-refractivity contribution in [3.05, 3.63) is 29.6 Å². The van der Waals surface area contributed by atoms with Gasteiger partial charge in [0.15, 0.2) is 11.6 Å². The molecular weight excluding hydrogens is 325 g/mol. The molecule has 1 aliphatic heterocycles. The van der Waals surface area contributed by atoms with Gasteiger partial charge in [-0.05, 0) is 37.0 Å². The first-order chi connectivity index (χ1) is 9.52. The van der Waals surface area contributed by atoms with Gasteiger partial charge < -0.3 is 9.64 Å². The first kappa shape index (κ1) is 15.3. The molecule has 0 aliphatic carbocycles. The average molecular weight is 344 g/mol. The van der Waals surface area contributed by atoms with E-state index in [0.29, 0.717) is 16.3 Å². The number of likely N-dealkylation sites (tertiary alicyclic amines) is 1. The fourth-order valence-electron chi connectivity index (χ4n) is 2.54. The van der Waals surface area contributed by atoms with E-state index in [0.717, 1.165) is 25.9 Å². The number of alkyl halides is 1. The van der Waals surface area contributed by atoms with Crippen molar-refractivity contribution >= 4 is 21.8 Å². The zero-order valence-electron chi connectivity index (χ0n) is 11.7. The molecule has 5 heteroatoms. The molecule has 2 rings (SSSR count). The summed E-state index contributed by atoms with van der Waals surface area (Å²) in [6.07, 6.45) is 1.99. The molecule has 0 aromatic heterocycles. The lowest BCUT2D eigenvalue weighted by molar-refractivity contribution is 0.0691. The average Bonchev–Trinajstić information content (AvgIpc) is 2.47. The van der Waals surface area contributed by atoms with Crippen molar-refractivity contribution in [2.75, 3.05) is 20.2 Å². The van der Waals surface area contributed by atoms with Gasteiger partial charge in [0.25, 0.3) is 5.91 Å². The molecule has 20 heavy (non-hydrogen) atoms. The predicted molar refractivity (Wildman–Crippen MR) is 80.0 cm³/mol. The number of carbonyl (C=O) groups excluding carboxylic acids is 1. The first-order valence-electron chi connectivity index (χ1n) is 6.79. The Hall–Kier alpha value is -1.10. The van der Waals surface area contributed by atoms with E-state index in [1.807, 2.05) is 4.90 Å². The van der Waals surface area contributed by atoms with Gasteiger partial charge in [0.05, 0.1) is 7.11 Å². The number of hydrogen-bond donors (Lipinski definition) is 0. The maximum absolute atomic E-state index is 13.4. The fourth-order valence-corrected chi connectivity index (χ4v) is 3.07. The lowest BCUT2D eigenvalue weighted by atomic mass is 9.94. The summed E-state index contributed by atoms with van der Waals surface area (Å²) in [6, 6.07) is 4.26. The fraction of sp³-hybridized carbons (Fsp3) is 0.533. The largest absolute Gasteiger partial charge is 0.494 e. The molecular formula is C15H19BrFNO2. The van der Waals surface area contributed by atoms with E-state index < -0.39 is 5.82 Å². The van der Waals surface area contributed by atoms with Gasteiger partial charge in [-0.3, -0.25) is 4.79 Å². The zero-order valence-corrected chi connectivity index (χ0v) is 13.3. The third kappa shape index (κ3) is 3.32. The summed E-state index contributed by atoms with van der Waals surface area (Å²) < 4.78 is 18.3. The molecule has 110 valence electrons. The van der Waals surface area contributed by atoms with Crippen LogP contribution in [0.1, 0.15) is 30.1 Å². The monoisotopic (exact) mass is 343 g/mol. The van der Waals surface area contributed by atoms with Crippen LogP contribution in [0.5, 0.6) is 5.75 Å². The van der Waals surface area contributed by atoms with E-state index in [2.05, 4.69) is 22.9 Å². The van der Waals surface area contributed by atoms with Gasteiger partial charge in [-0.25, -0.2) is 4.39 Å². The third-order valence-corrected chi connectivity index (χ3v) is 4.62. The molecule has 1 unspecified atom stereocenters. The van der Waals surface area contributed by atoms with Crippen molar-refractivity contribution in [2.45, 2.75) is 24.6 Å². The summed E-state index contributed by atoms with van der Waals surface area (Å²) in [5, 5.41) is 0. The number of carbonyl (C=O) groups is 1. The van der Waals surface area contributed by atoms with Gasteiger partial charge in [0.2, 0.25) is 0 Å². The Morgan fingerprint density at radius 1 is 1.45 bits per heavy atom. The van der Waals surface area contributed by atoms with Crippen LogP contribution < -0.4 is 4.74 Å². The maximum atomic E-state index is 13.4. The quantitative estimate of drug-likeness (QED) is 0.786. The Morgan fingerprint density at radius 3 is 2.65 bits per heavy atom. The van der Waals surface area contributed by atoms with Crippen molar-refractivity contribution < 1.29 is 13.9 Å². The van der Waals surface area contributed by atoms with Crippen LogP contribution in [0.3, 0.4) is 0 Å². The zero-order chi connectivity index (χ0) is 14.7. The topological polar surface area (TPSA) is 29.5 Å². The number of halogens is 2. The van der Waals surface area contributed by atoms with Gasteiger partial charge in [-0.15, -0.1) is 0 Å². The summed E-state index contributed by atoms with van der Waals surface area (Å²) in [5.74, 6) is 0.224. The summed E-state index contributed by atoms with van der Waals surface area (Å²) in [6.45, 7) is 3.64. The Balaban J connectivity index is 2.05. The highest BCUT2D eigenvalue weighted by Crippen LogP contribution is 2.26. The van der Waals surface area contributed by atoms with Crippen molar-refractivity contribution in [2.24, 2.45) is 5.92 Å². The summed E-state index contributed by atoms with van der Waals surface area (Å²) in [4.78, 5) is 14.7. The van der Waals surface area contributed by atoms with Crippen LogP contribution >= 0.6 is 15.9 Å². The lowest BCUT2D eigenvalue weighted by Gasteiger charge is -2.33. The van der Waals surface area contributed by atoms with Crippen LogP contribution in [-0.4, -0.2) is 35.8 Å². The molecule has 1 aromatic rings. The Morgan fingerprint density at radius 2 is 2.10 bits per heavy atom. The molecule has 1 atom stereocenters. The smallest absolute Gasteiger partial charge is 0.253 e. The highest BCUT2D eigenvalue weighted by molar-refractivity contribution is 9.09. The second-order valence-electron chi connectivity index (χ2n) is 5.16.